The van der Waals surface area contributed by atoms with Gasteiger partial charge in [-0.15, -0.1) is 0 Å². The number of halogens is 1. The predicted octanol–water partition coefficient (Wildman–Crippen LogP) is 5.06. The lowest BCUT2D eigenvalue weighted by Crippen LogP contribution is -2.49. The van der Waals surface area contributed by atoms with E-state index in [1.165, 1.54) is 43.3 Å². The summed E-state index contributed by atoms with van der Waals surface area (Å²) in [6.45, 7) is 8.25. The minimum Gasteiger partial charge on any atom is -0.353 e. The number of pyridine rings is 1. The summed E-state index contributed by atoms with van der Waals surface area (Å²) in [6, 6.07) is 3.29. The molecule has 2 aromatic heterocycles. The van der Waals surface area contributed by atoms with Crippen LogP contribution in [0.2, 0.25) is 0 Å². The summed E-state index contributed by atoms with van der Waals surface area (Å²) in [7, 11) is 0. The molecule has 0 radical (unpaired) electrons. The Morgan fingerprint density at radius 2 is 2.00 bits per heavy atom. The number of thiazole rings is 1. The summed E-state index contributed by atoms with van der Waals surface area (Å²) in [5.74, 6) is 0.943. The Morgan fingerprint density at radius 3 is 2.70 bits per heavy atom. The van der Waals surface area contributed by atoms with Crippen LogP contribution in [-0.4, -0.2) is 57.9 Å². The SMILES string of the molecule is C[C@@H]1CCCN(C2CCN(C(=O)c3sc(N[C@@H](C)c4ncccc4F)nc3C3CC3)CC2)C1. The van der Waals surface area contributed by atoms with Crippen LogP contribution in [0.4, 0.5) is 9.52 Å². The molecule has 2 atom stereocenters. The van der Waals surface area contributed by atoms with Crippen molar-refractivity contribution in [1.29, 1.82) is 0 Å². The quantitative estimate of drug-likeness (QED) is 0.638. The molecule has 4 heterocycles. The second-order valence-electron chi connectivity index (χ2n) is 10.0. The highest BCUT2D eigenvalue weighted by atomic mass is 32.1. The summed E-state index contributed by atoms with van der Waals surface area (Å²) < 4.78 is 14.1. The Bertz CT molecular complexity index is 985. The lowest BCUT2D eigenvalue weighted by Gasteiger charge is -2.41. The van der Waals surface area contributed by atoms with E-state index in [0.29, 0.717) is 22.8 Å². The number of likely N-dealkylation sites (tertiary alicyclic amines) is 2. The largest absolute Gasteiger partial charge is 0.353 e. The van der Waals surface area contributed by atoms with Crippen molar-refractivity contribution < 1.29 is 9.18 Å². The minimum atomic E-state index is -0.334. The number of carbonyl (C=O) groups excluding carboxylic acids is 1. The molecule has 5 rings (SSSR count). The molecule has 0 spiro atoms. The molecule has 3 fully saturated rings. The highest BCUT2D eigenvalue weighted by molar-refractivity contribution is 7.17. The molecule has 2 saturated heterocycles. The van der Waals surface area contributed by atoms with Gasteiger partial charge in [-0.05, 0) is 70.0 Å². The number of nitrogens with one attached hydrogen (secondary N) is 1. The van der Waals surface area contributed by atoms with Crippen LogP contribution in [0.1, 0.15) is 85.4 Å². The molecule has 33 heavy (non-hydrogen) atoms. The molecule has 178 valence electrons. The number of anilines is 1. The van der Waals surface area contributed by atoms with Crippen molar-refractivity contribution in [2.75, 3.05) is 31.5 Å². The molecule has 1 N–H and O–H groups in total. The molecule has 1 amide bonds. The smallest absolute Gasteiger partial charge is 0.265 e. The number of piperidine rings is 2. The van der Waals surface area contributed by atoms with Gasteiger partial charge in [0.25, 0.3) is 5.91 Å². The van der Waals surface area contributed by atoms with Gasteiger partial charge in [0.05, 0.1) is 17.4 Å². The van der Waals surface area contributed by atoms with Crippen molar-refractivity contribution in [3.05, 3.63) is 40.4 Å². The van der Waals surface area contributed by atoms with E-state index in [1.807, 2.05) is 11.8 Å². The number of carbonyl (C=O) groups is 1. The van der Waals surface area contributed by atoms with Gasteiger partial charge in [0.15, 0.2) is 5.13 Å². The number of amides is 1. The normalized spacial score (nSPS) is 23.5. The van der Waals surface area contributed by atoms with Crippen LogP contribution in [0.3, 0.4) is 0 Å². The number of nitrogens with zero attached hydrogens (tertiary/aromatic N) is 4. The van der Waals surface area contributed by atoms with Crippen molar-refractivity contribution in [3.8, 4) is 0 Å². The van der Waals surface area contributed by atoms with Gasteiger partial charge in [-0.1, -0.05) is 18.3 Å². The highest BCUT2D eigenvalue weighted by Crippen LogP contribution is 2.44. The van der Waals surface area contributed by atoms with Crippen LogP contribution in [0.5, 0.6) is 0 Å². The Kier molecular flexibility index (Phi) is 6.65. The standard InChI is InChI=1S/C25H34FN5OS/c1-16-5-4-12-31(15-16)19-9-13-30(14-10-19)24(32)23-22(18-7-8-18)29-25(33-23)28-17(2)21-20(26)6-3-11-27-21/h3,6,11,16-19H,4-5,7-10,12-15H2,1-2H3,(H,28,29)/t16-,17+/m1/s1. The lowest BCUT2D eigenvalue weighted by atomic mass is 9.95. The monoisotopic (exact) mass is 471 g/mol. The zero-order valence-corrected chi connectivity index (χ0v) is 20.4. The van der Waals surface area contributed by atoms with Crippen LogP contribution in [0.15, 0.2) is 18.3 Å². The van der Waals surface area contributed by atoms with Crippen LogP contribution >= 0.6 is 11.3 Å². The fourth-order valence-corrected chi connectivity index (χ4v) is 6.39. The van der Waals surface area contributed by atoms with Gasteiger partial charge in [0.2, 0.25) is 0 Å². The van der Waals surface area contributed by atoms with E-state index in [0.717, 1.165) is 55.3 Å². The molecule has 1 saturated carbocycles. The molecule has 1 aliphatic carbocycles. The van der Waals surface area contributed by atoms with Gasteiger partial charge in [-0.25, -0.2) is 9.37 Å². The minimum absolute atomic E-state index is 0.115. The van der Waals surface area contributed by atoms with Crippen molar-refractivity contribution in [2.24, 2.45) is 5.92 Å². The second kappa shape index (κ2) is 9.66. The van der Waals surface area contributed by atoms with Crippen LogP contribution < -0.4 is 5.32 Å². The molecule has 3 aliphatic rings. The molecular formula is C25H34FN5OS. The predicted molar refractivity (Wildman–Crippen MR) is 129 cm³/mol. The summed E-state index contributed by atoms with van der Waals surface area (Å²) in [5, 5.41) is 3.96. The molecule has 0 bridgehead atoms. The maximum atomic E-state index is 14.1. The van der Waals surface area contributed by atoms with E-state index in [4.69, 9.17) is 4.98 Å². The van der Waals surface area contributed by atoms with Gasteiger partial charge >= 0.3 is 0 Å². The zero-order valence-electron chi connectivity index (χ0n) is 19.6. The summed E-state index contributed by atoms with van der Waals surface area (Å²) in [6.07, 6.45) is 8.51. The highest BCUT2D eigenvalue weighted by Gasteiger charge is 2.36. The van der Waals surface area contributed by atoms with Crippen molar-refractivity contribution >= 4 is 22.4 Å². The van der Waals surface area contributed by atoms with Crippen LogP contribution in [0, 0.1) is 11.7 Å². The number of rotatable bonds is 6. The second-order valence-corrected chi connectivity index (χ2v) is 11.0. The third-order valence-electron chi connectivity index (χ3n) is 7.31. The number of aromatic nitrogens is 2. The van der Waals surface area contributed by atoms with Gasteiger partial charge in [0.1, 0.15) is 10.7 Å². The maximum Gasteiger partial charge on any atom is 0.265 e. The molecule has 6 nitrogen and oxygen atoms in total. The Labute approximate surface area is 199 Å². The first kappa shape index (κ1) is 22.7. The van der Waals surface area contributed by atoms with E-state index in [2.05, 4.69) is 22.1 Å². The Morgan fingerprint density at radius 1 is 1.21 bits per heavy atom. The average molecular weight is 472 g/mol. The van der Waals surface area contributed by atoms with Crippen molar-refractivity contribution in [1.82, 2.24) is 19.8 Å². The fraction of sp³-hybridized carbons (Fsp3) is 0.640. The van der Waals surface area contributed by atoms with Crippen LogP contribution in [-0.2, 0) is 0 Å². The third kappa shape index (κ3) is 5.06. The molecular weight excluding hydrogens is 437 g/mol. The maximum absolute atomic E-state index is 14.1. The first-order valence-electron chi connectivity index (χ1n) is 12.4. The zero-order chi connectivity index (χ0) is 22.9. The van der Waals surface area contributed by atoms with E-state index in [1.54, 1.807) is 12.3 Å². The van der Waals surface area contributed by atoms with Gasteiger partial charge in [-0.2, -0.15) is 0 Å². The summed E-state index contributed by atoms with van der Waals surface area (Å²) >= 11 is 1.41. The molecule has 0 aromatic carbocycles. The third-order valence-corrected chi connectivity index (χ3v) is 8.30. The van der Waals surface area contributed by atoms with Crippen molar-refractivity contribution in [2.45, 2.75) is 70.4 Å². The Balaban J connectivity index is 1.26. The first-order chi connectivity index (χ1) is 16.0. The molecule has 2 aliphatic heterocycles. The summed E-state index contributed by atoms with van der Waals surface area (Å²) in [4.78, 5) is 27.9. The Hall–Kier alpha value is -2.06. The van der Waals surface area contributed by atoms with E-state index >= 15 is 0 Å². The first-order valence-corrected chi connectivity index (χ1v) is 13.2. The topological polar surface area (TPSA) is 61.4 Å². The average Bonchev–Trinajstić information content (AvgIpc) is 3.59. The summed E-state index contributed by atoms with van der Waals surface area (Å²) in [5.41, 5.74) is 1.29. The molecule has 2 aromatic rings. The number of hydrogen-bond acceptors (Lipinski definition) is 6. The van der Waals surface area contributed by atoms with Crippen LogP contribution in [0.25, 0.3) is 0 Å². The van der Waals surface area contributed by atoms with E-state index in [-0.39, 0.29) is 17.8 Å². The molecule has 8 heteroatoms. The van der Waals surface area contributed by atoms with E-state index < -0.39 is 0 Å². The van der Waals surface area contributed by atoms with Gasteiger partial charge < -0.3 is 10.2 Å². The molecule has 0 unspecified atom stereocenters. The van der Waals surface area contributed by atoms with Gasteiger partial charge in [-0.3, -0.25) is 14.7 Å². The van der Waals surface area contributed by atoms with E-state index in [9.17, 15) is 9.18 Å². The number of hydrogen-bond donors (Lipinski definition) is 1. The van der Waals surface area contributed by atoms with Crippen molar-refractivity contribution in [3.63, 3.8) is 0 Å². The fourth-order valence-electron chi connectivity index (χ4n) is 5.29. The lowest BCUT2D eigenvalue weighted by molar-refractivity contribution is 0.0544. The van der Waals surface area contributed by atoms with Gasteiger partial charge in [0, 0.05) is 37.8 Å².